The van der Waals surface area contributed by atoms with Crippen molar-refractivity contribution in [3.8, 4) is 17.2 Å². The number of carbonyl (C=O) groups is 2. The number of hydrogen-bond donors (Lipinski definition) is 1. The highest BCUT2D eigenvalue weighted by Gasteiger charge is 2.49. The van der Waals surface area contributed by atoms with Gasteiger partial charge in [-0.15, -0.1) is 5.01 Å². The third kappa shape index (κ3) is 4.63. The Morgan fingerprint density at radius 2 is 1.77 bits per heavy atom. The Morgan fingerprint density at radius 1 is 1.06 bits per heavy atom. The maximum atomic E-state index is 13.0. The van der Waals surface area contributed by atoms with Crippen LogP contribution in [0.15, 0.2) is 47.6 Å². The fourth-order valence-electron chi connectivity index (χ4n) is 3.11. The molecule has 1 fully saturated rings. The van der Waals surface area contributed by atoms with Gasteiger partial charge in [0.15, 0.2) is 11.5 Å². The standard InChI is InChI=1S/C23H27N3O5/c1-15(2)14-31-19-11-6-16(12-20(19)30-5)13-24-26-21(27)23(3,25-22(26)28)17-7-9-18(29-4)10-8-17/h6-13,15H,14H2,1-5H3,(H,25,28)/b24-13-/t23-/m1/s1. The minimum atomic E-state index is -1.22. The normalized spacial score (nSPS) is 18.6. The lowest BCUT2D eigenvalue weighted by Gasteiger charge is -2.21. The van der Waals surface area contributed by atoms with Crippen LogP contribution in [-0.4, -0.2) is 44.0 Å². The molecule has 0 unspecified atom stereocenters. The van der Waals surface area contributed by atoms with Gasteiger partial charge in [0.1, 0.15) is 11.3 Å². The van der Waals surface area contributed by atoms with Crippen molar-refractivity contribution >= 4 is 18.2 Å². The predicted octanol–water partition coefficient (Wildman–Crippen LogP) is 3.54. The van der Waals surface area contributed by atoms with Crippen LogP contribution >= 0.6 is 0 Å². The minimum Gasteiger partial charge on any atom is -0.497 e. The third-order valence-electron chi connectivity index (χ3n) is 4.92. The molecule has 2 aromatic rings. The van der Waals surface area contributed by atoms with E-state index < -0.39 is 17.5 Å². The molecular weight excluding hydrogens is 398 g/mol. The number of methoxy groups -OCH3 is 2. The van der Waals surface area contributed by atoms with Crippen molar-refractivity contribution in [3.63, 3.8) is 0 Å². The first-order valence-corrected chi connectivity index (χ1v) is 9.94. The molecule has 1 atom stereocenters. The summed E-state index contributed by atoms with van der Waals surface area (Å²) in [6.45, 7) is 6.33. The molecule has 0 spiro atoms. The van der Waals surface area contributed by atoms with Crippen molar-refractivity contribution in [1.29, 1.82) is 0 Å². The van der Waals surface area contributed by atoms with Crippen LogP contribution < -0.4 is 19.5 Å². The average molecular weight is 425 g/mol. The number of nitrogens with one attached hydrogen (secondary N) is 1. The van der Waals surface area contributed by atoms with Crippen LogP contribution in [0, 0.1) is 5.92 Å². The van der Waals surface area contributed by atoms with Crippen LogP contribution in [0.25, 0.3) is 0 Å². The molecule has 8 nitrogen and oxygen atoms in total. The molecule has 3 rings (SSSR count). The molecule has 2 aromatic carbocycles. The number of hydrogen-bond acceptors (Lipinski definition) is 6. The number of rotatable bonds is 8. The Hall–Kier alpha value is -3.55. The Kier molecular flexibility index (Phi) is 6.48. The zero-order chi connectivity index (χ0) is 22.6. The maximum Gasteiger partial charge on any atom is 0.346 e. The summed E-state index contributed by atoms with van der Waals surface area (Å²) in [6, 6.07) is 11.7. The van der Waals surface area contributed by atoms with Gasteiger partial charge in [-0.1, -0.05) is 26.0 Å². The van der Waals surface area contributed by atoms with E-state index in [1.54, 1.807) is 63.6 Å². The molecule has 31 heavy (non-hydrogen) atoms. The molecule has 0 saturated carbocycles. The number of nitrogens with zero attached hydrogens (tertiary/aromatic N) is 2. The molecule has 0 bridgehead atoms. The predicted molar refractivity (Wildman–Crippen MR) is 117 cm³/mol. The van der Waals surface area contributed by atoms with Crippen LogP contribution in [-0.2, 0) is 10.3 Å². The van der Waals surface area contributed by atoms with Gasteiger partial charge in [0.2, 0.25) is 0 Å². The summed E-state index contributed by atoms with van der Waals surface area (Å²) < 4.78 is 16.3. The molecule has 0 aromatic heterocycles. The van der Waals surface area contributed by atoms with E-state index in [9.17, 15) is 9.59 Å². The molecule has 0 aliphatic carbocycles. The topological polar surface area (TPSA) is 89.5 Å². The third-order valence-corrected chi connectivity index (χ3v) is 4.92. The smallest absolute Gasteiger partial charge is 0.346 e. The fraction of sp³-hybridized carbons (Fsp3) is 0.348. The Balaban J connectivity index is 1.79. The average Bonchev–Trinajstić information content (AvgIpc) is 2.99. The highest BCUT2D eigenvalue weighted by atomic mass is 16.5. The lowest BCUT2D eigenvalue weighted by molar-refractivity contribution is -0.131. The number of imide groups is 1. The second-order valence-electron chi connectivity index (χ2n) is 7.76. The molecule has 1 heterocycles. The van der Waals surface area contributed by atoms with Crippen LogP contribution in [0.1, 0.15) is 31.9 Å². The Bertz CT molecular complexity index is 987. The first-order valence-electron chi connectivity index (χ1n) is 9.94. The van der Waals surface area contributed by atoms with Crippen molar-refractivity contribution < 1.29 is 23.8 Å². The Labute approximate surface area is 181 Å². The summed E-state index contributed by atoms with van der Waals surface area (Å²) >= 11 is 0. The lowest BCUT2D eigenvalue weighted by Crippen LogP contribution is -2.40. The van der Waals surface area contributed by atoms with Crippen LogP contribution in [0.3, 0.4) is 0 Å². The van der Waals surface area contributed by atoms with Crippen molar-refractivity contribution in [2.24, 2.45) is 11.0 Å². The molecular formula is C23H27N3O5. The van der Waals surface area contributed by atoms with Gasteiger partial charge in [-0.25, -0.2) is 4.79 Å². The summed E-state index contributed by atoms with van der Waals surface area (Å²) in [4.78, 5) is 25.4. The number of urea groups is 1. The van der Waals surface area contributed by atoms with E-state index in [1.165, 1.54) is 6.21 Å². The van der Waals surface area contributed by atoms with Gasteiger partial charge in [0.25, 0.3) is 5.91 Å². The van der Waals surface area contributed by atoms with Gasteiger partial charge >= 0.3 is 6.03 Å². The highest BCUT2D eigenvalue weighted by Crippen LogP contribution is 2.31. The van der Waals surface area contributed by atoms with E-state index in [2.05, 4.69) is 24.3 Å². The second kappa shape index (κ2) is 9.07. The first-order chi connectivity index (χ1) is 14.8. The van der Waals surface area contributed by atoms with E-state index in [4.69, 9.17) is 14.2 Å². The zero-order valence-corrected chi connectivity index (χ0v) is 18.3. The molecule has 8 heteroatoms. The summed E-state index contributed by atoms with van der Waals surface area (Å²) in [5.74, 6) is 1.74. The van der Waals surface area contributed by atoms with Gasteiger partial charge in [-0.3, -0.25) is 4.79 Å². The first kappa shape index (κ1) is 22.1. The molecule has 1 saturated heterocycles. The summed E-state index contributed by atoms with van der Waals surface area (Å²) in [5, 5.41) is 7.67. The Morgan fingerprint density at radius 3 is 2.39 bits per heavy atom. The van der Waals surface area contributed by atoms with E-state index in [-0.39, 0.29) is 0 Å². The van der Waals surface area contributed by atoms with E-state index in [0.29, 0.717) is 40.9 Å². The van der Waals surface area contributed by atoms with Crippen LogP contribution in [0.5, 0.6) is 17.2 Å². The van der Waals surface area contributed by atoms with Crippen LogP contribution in [0.4, 0.5) is 4.79 Å². The number of benzene rings is 2. The van der Waals surface area contributed by atoms with Gasteiger partial charge in [0, 0.05) is 0 Å². The summed E-state index contributed by atoms with van der Waals surface area (Å²) in [6.07, 6.45) is 1.44. The second-order valence-corrected chi connectivity index (χ2v) is 7.76. The SMILES string of the molecule is COc1ccc([C@@]2(C)NC(=O)N(/N=C\c3ccc(OCC(C)C)c(OC)c3)C2=O)cc1. The molecule has 0 radical (unpaired) electrons. The van der Waals surface area contributed by atoms with E-state index in [0.717, 1.165) is 5.01 Å². The zero-order valence-electron chi connectivity index (χ0n) is 18.3. The van der Waals surface area contributed by atoms with Gasteiger partial charge in [-0.2, -0.15) is 5.10 Å². The monoisotopic (exact) mass is 425 g/mol. The molecule has 164 valence electrons. The summed E-state index contributed by atoms with van der Waals surface area (Å²) in [7, 11) is 3.11. The minimum absolute atomic E-state index is 0.380. The van der Waals surface area contributed by atoms with Crippen molar-refractivity contribution in [3.05, 3.63) is 53.6 Å². The van der Waals surface area contributed by atoms with Gasteiger partial charge in [-0.05, 0) is 54.3 Å². The maximum absolute atomic E-state index is 13.0. The number of ether oxygens (including phenoxy) is 3. The van der Waals surface area contributed by atoms with Crippen LogP contribution in [0.2, 0.25) is 0 Å². The molecule has 3 amide bonds. The largest absolute Gasteiger partial charge is 0.497 e. The lowest BCUT2D eigenvalue weighted by atomic mass is 9.92. The van der Waals surface area contributed by atoms with Crippen molar-refractivity contribution in [1.82, 2.24) is 10.3 Å². The fourth-order valence-corrected chi connectivity index (χ4v) is 3.11. The summed E-state index contributed by atoms with van der Waals surface area (Å²) in [5.41, 5.74) is 0.0810. The van der Waals surface area contributed by atoms with E-state index >= 15 is 0 Å². The quantitative estimate of drug-likeness (QED) is 0.516. The molecule has 1 aliphatic heterocycles. The van der Waals surface area contributed by atoms with Crippen molar-refractivity contribution in [2.45, 2.75) is 26.3 Å². The number of hydrazone groups is 1. The molecule has 1 N–H and O–H groups in total. The van der Waals surface area contributed by atoms with E-state index in [1.807, 2.05) is 0 Å². The van der Waals surface area contributed by atoms with Crippen molar-refractivity contribution in [2.75, 3.05) is 20.8 Å². The van der Waals surface area contributed by atoms with Gasteiger partial charge in [0.05, 0.1) is 27.0 Å². The molecule has 1 aliphatic rings. The number of amides is 3. The van der Waals surface area contributed by atoms with Gasteiger partial charge < -0.3 is 19.5 Å². The highest BCUT2D eigenvalue weighted by molar-refractivity contribution is 6.07. The number of carbonyl (C=O) groups excluding carboxylic acids is 2.